The highest BCUT2D eigenvalue weighted by Crippen LogP contribution is 2.20. The molecule has 1 aliphatic heterocycles. The average molecular weight is 393 g/mol. The molecular weight excluding hydrogens is 372 g/mol. The topological polar surface area (TPSA) is 57.7 Å². The van der Waals surface area contributed by atoms with Crippen molar-refractivity contribution in [3.63, 3.8) is 0 Å². The van der Waals surface area contributed by atoms with Crippen LogP contribution in [0.1, 0.15) is 22.8 Å². The molecule has 0 aromatic heterocycles. The third-order valence-electron chi connectivity index (χ3n) is 4.57. The molecule has 0 saturated carbocycles. The van der Waals surface area contributed by atoms with Crippen LogP contribution in [0, 0.1) is 0 Å². The van der Waals surface area contributed by atoms with Gasteiger partial charge in [-0.3, -0.25) is 4.79 Å². The Labute approximate surface area is 159 Å². The first-order valence-electron chi connectivity index (χ1n) is 8.56. The number of piperazine rings is 1. The average Bonchev–Trinajstić information content (AvgIpc) is 2.67. The molecule has 1 heterocycles. The summed E-state index contributed by atoms with van der Waals surface area (Å²) in [5, 5.41) is 0.507. The maximum Gasteiger partial charge on any atom is 0.253 e. The predicted octanol–water partition coefficient (Wildman–Crippen LogP) is 3.05. The van der Waals surface area contributed by atoms with Crippen LogP contribution in [0.3, 0.4) is 0 Å². The second kappa shape index (κ2) is 7.78. The van der Waals surface area contributed by atoms with E-state index in [-0.39, 0.29) is 19.0 Å². The Morgan fingerprint density at radius 1 is 1.04 bits per heavy atom. The summed E-state index contributed by atoms with van der Waals surface area (Å²) < 4.78 is 27.0. The van der Waals surface area contributed by atoms with Crippen LogP contribution in [0.25, 0.3) is 0 Å². The molecule has 0 bridgehead atoms. The Morgan fingerprint density at radius 3 is 2.27 bits per heavy atom. The molecule has 5 nitrogen and oxygen atoms in total. The van der Waals surface area contributed by atoms with E-state index in [4.69, 9.17) is 11.6 Å². The van der Waals surface area contributed by atoms with Crippen LogP contribution in [-0.4, -0.2) is 49.7 Å². The van der Waals surface area contributed by atoms with Crippen molar-refractivity contribution in [1.82, 2.24) is 9.21 Å². The normalized spacial score (nSPS) is 15.8. The molecule has 1 aliphatic rings. The highest BCUT2D eigenvalue weighted by atomic mass is 35.5. The number of nitrogens with zero attached hydrogens (tertiary/aromatic N) is 2. The van der Waals surface area contributed by atoms with Gasteiger partial charge in [-0.25, -0.2) is 8.42 Å². The zero-order valence-corrected chi connectivity index (χ0v) is 16.1. The molecule has 0 unspecified atom stereocenters. The maximum atomic E-state index is 12.8. The van der Waals surface area contributed by atoms with Gasteiger partial charge < -0.3 is 4.90 Å². The SMILES string of the molecule is CCc1ccc(S(=O)(=O)N2CCN(C(=O)c3cccc(Cl)c3)CC2)cc1. The van der Waals surface area contributed by atoms with Gasteiger partial charge in [0.05, 0.1) is 4.90 Å². The van der Waals surface area contributed by atoms with Crippen molar-refractivity contribution in [2.24, 2.45) is 0 Å². The van der Waals surface area contributed by atoms with Crippen molar-refractivity contribution >= 4 is 27.5 Å². The van der Waals surface area contributed by atoms with Crippen molar-refractivity contribution in [1.29, 1.82) is 0 Å². The Hall–Kier alpha value is -1.89. The summed E-state index contributed by atoms with van der Waals surface area (Å²) in [7, 11) is -3.53. The summed E-state index contributed by atoms with van der Waals surface area (Å²) in [6.07, 6.45) is 0.866. The molecule has 0 radical (unpaired) electrons. The van der Waals surface area contributed by atoms with Crippen molar-refractivity contribution in [3.8, 4) is 0 Å². The number of benzene rings is 2. The Kier molecular flexibility index (Phi) is 5.65. The third-order valence-corrected chi connectivity index (χ3v) is 6.71. The van der Waals surface area contributed by atoms with E-state index in [0.717, 1.165) is 12.0 Å². The number of amides is 1. The van der Waals surface area contributed by atoms with E-state index in [1.165, 1.54) is 4.31 Å². The summed E-state index contributed by atoms with van der Waals surface area (Å²) in [6.45, 7) is 3.31. The predicted molar refractivity (Wildman–Crippen MR) is 102 cm³/mol. The van der Waals surface area contributed by atoms with Crippen LogP contribution in [0.5, 0.6) is 0 Å². The quantitative estimate of drug-likeness (QED) is 0.803. The fourth-order valence-corrected chi connectivity index (χ4v) is 4.59. The number of rotatable bonds is 4. The number of halogens is 1. The molecule has 3 rings (SSSR count). The molecule has 1 saturated heterocycles. The van der Waals surface area contributed by atoms with Gasteiger partial charge in [-0.15, -0.1) is 0 Å². The van der Waals surface area contributed by atoms with E-state index >= 15 is 0 Å². The van der Waals surface area contributed by atoms with Gasteiger partial charge in [0.25, 0.3) is 5.91 Å². The fraction of sp³-hybridized carbons (Fsp3) is 0.316. The Bertz CT molecular complexity index is 889. The first-order valence-corrected chi connectivity index (χ1v) is 10.4. The zero-order chi connectivity index (χ0) is 18.7. The van der Waals surface area contributed by atoms with Crippen LogP contribution >= 0.6 is 11.6 Å². The molecule has 0 aliphatic carbocycles. The lowest BCUT2D eigenvalue weighted by molar-refractivity contribution is 0.0698. The summed E-state index contributed by atoms with van der Waals surface area (Å²) in [6, 6.07) is 13.8. The molecule has 2 aromatic carbocycles. The highest BCUT2D eigenvalue weighted by molar-refractivity contribution is 7.89. The molecule has 26 heavy (non-hydrogen) atoms. The standard InChI is InChI=1S/C19H21ClN2O3S/c1-2-15-6-8-18(9-7-15)26(24,25)22-12-10-21(11-13-22)19(23)16-4-3-5-17(20)14-16/h3-9,14H,2,10-13H2,1H3. The van der Waals surface area contributed by atoms with Crippen molar-refractivity contribution in [3.05, 3.63) is 64.7 Å². The third kappa shape index (κ3) is 3.92. The van der Waals surface area contributed by atoms with Crippen LogP contribution in [0.4, 0.5) is 0 Å². The number of carbonyl (C=O) groups excluding carboxylic acids is 1. The lowest BCUT2D eigenvalue weighted by Crippen LogP contribution is -2.50. The van der Waals surface area contributed by atoms with E-state index in [2.05, 4.69) is 0 Å². The Balaban J connectivity index is 1.68. The number of hydrogen-bond acceptors (Lipinski definition) is 3. The van der Waals surface area contributed by atoms with Crippen molar-refractivity contribution < 1.29 is 13.2 Å². The minimum Gasteiger partial charge on any atom is -0.336 e. The molecule has 7 heteroatoms. The monoisotopic (exact) mass is 392 g/mol. The fourth-order valence-electron chi connectivity index (χ4n) is 2.98. The minimum atomic E-state index is -3.53. The van der Waals surface area contributed by atoms with Crippen LogP contribution in [0.15, 0.2) is 53.4 Å². The van der Waals surface area contributed by atoms with Crippen molar-refractivity contribution in [2.75, 3.05) is 26.2 Å². The molecular formula is C19H21ClN2O3S. The first-order chi connectivity index (χ1) is 12.4. The van der Waals surface area contributed by atoms with Crippen LogP contribution in [-0.2, 0) is 16.4 Å². The van der Waals surface area contributed by atoms with E-state index in [1.54, 1.807) is 41.3 Å². The molecule has 2 aromatic rings. The van der Waals surface area contributed by atoms with Crippen LogP contribution < -0.4 is 0 Å². The second-order valence-electron chi connectivity index (χ2n) is 6.20. The van der Waals surface area contributed by atoms with E-state index in [9.17, 15) is 13.2 Å². The lowest BCUT2D eigenvalue weighted by Gasteiger charge is -2.34. The largest absolute Gasteiger partial charge is 0.336 e. The van der Waals surface area contributed by atoms with Gasteiger partial charge in [-0.2, -0.15) is 4.31 Å². The van der Waals surface area contributed by atoms with Crippen LogP contribution in [0.2, 0.25) is 5.02 Å². The zero-order valence-electron chi connectivity index (χ0n) is 14.6. The number of aryl methyl sites for hydroxylation is 1. The van der Waals surface area contributed by atoms with Gasteiger partial charge in [0.2, 0.25) is 10.0 Å². The maximum absolute atomic E-state index is 12.8. The molecule has 0 N–H and O–H groups in total. The first kappa shape index (κ1) is 18.9. The summed E-state index contributed by atoms with van der Waals surface area (Å²) in [5.74, 6) is -0.128. The number of sulfonamides is 1. The van der Waals surface area contributed by atoms with Gasteiger partial charge >= 0.3 is 0 Å². The number of carbonyl (C=O) groups is 1. The van der Waals surface area contributed by atoms with Crippen molar-refractivity contribution in [2.45, 2.75) is 18.2 Å². The van der Waals surface area contributed by atoms with E-state index < -0.39 is 10.0 Å². The lowest BCUT2D eigenvalue weighted by atomic mass is 10.2. The van der Waals surface area contributed by atoms with Gasteiger partial charge in [0.15, 0.2) is 0 Å². The van der Waals surface area contributed by atoms with Gasteiger partial charge in [-0.1, -0.05) is 36.7 Å². The van der Waals surface area contributed by atoms with Gasteiger partial charge in [0, 0.05) is 36.8 Å². The molecule has 0 atom stereocenters. The second-order valence-corrected chi connectivity index (χ2v) is 8.58. The van der Waals surface area contributed by atoms with Gasteiger partial charge in [0.1, 0.15) is 0 Å². The smallest absolute Gasteiger partial charge is 0.253 e. The summed E-state index contributed by atoms with van der Waals surface area (Å²) in [4.78, 5) is 14.5. The summed E-state index contributed by atoms with van der Waals surface area (Å²) >= 11 is 5.94. The summed E-state index contributed by atoms with van der Waals surface area (Å²) in [5.41, 5.74) is 1.62. The highest BCUT2D eigenvalue weighted by Gasteiger charge is 2.30. The molecule has 0 spiro atoms. The van der Waals surface area contributed by atoms with Gasteiger partial charge in [-0.05, 0) is 42.3 Å². The van der Waals surface area contributed by atoms with E-state index in [1.807, 2.05) is 19.1 Å². The molecule has 1 amide bonds. The van der Waals surface area contributed by atoms with E-state index in [0.29, 0.717) is 28.6 Å². The molecule has 138 valence electrons. The number of hydrogen-bond donors (Lipinski definition) is 0. The Morgan fingerprint density at radius 2 is 1.69 bits per heavy atom. The molecule has 1 fully saturated rings. The minimum absolute atomic E-state index is 0.128.